The fourth-order valence-corrected chi connectivity index (χ4v) is 4.37. The largest absolute Gasteiger partial charge is 0.494 e. The van der Waals surface area contributed by atoms with Gasteiger partial charge in [0.15, 0.2) is 5.13 Å². The van der Waals surface area contributed by atoms with Gasteiger partial charge in [-0.25, -0.2) is 9.78 Å². The average molecular weight is 425 g/mol. The van der Waals surface area contributed by atoms with Crippen LogP contribution in [0.25, 0.3) is 10.2 Å². The fourth-order valence-electron chi connectivity index (χ4n) is 3.48. The molecular weight excluding hydrogens is 400 g/mol. The van der Waals surface area contributed by atoms with Crippen molar-refractivity contribution in [3.8, 4) is 5.75 Å². The highest BCUT2D eigenvalue weighted by Gasteiger charge is 2.31. The van der Waals surface area contributed by atoms with Crippen molar-refractivity contribution in [1.29, 1.82) is 0 Å². The molecule has 0 saturated carbocycles. The van der Waals surface area contributed by atoms with Crippen LogP contribution in [0.15, 0.2) is 36.4 Å². The molecule has 7 nitrogen and oxygen atoms in total. The van der Waals surface area contributed by atoms with E-state index in [1.807, 2.05) is 57.2 Å². The number of ether oxygens (including phenoxy) is 1. The third-order valence-corrected chi connectivity index (χ3v) is 6.09. The normalized spacial score (nSPS) is 16.2. The van der Waals surface area contributed by atoms with Gasteiger partial charge >= 0.3 is 6.03 Å². The number of carbonyl (C=O) groups is 2. The van der Waals surface area contributed by atoms with Crippen LogP contribution in [0.4, 0.5) is 15.6 Å². The lowest BCUT2D eigenvalue weighted by atomic mass is 10.1. The Balaban J connectivity index is 1.39. The molecule has 2 heterocycles. The Morgan fingerprint density at radius 1 is 1.23 bits per heavy atom. The molecular formula is C22H24N4O3S. The van der Waals surface area contributed by atoms with Gasteiger partial charge in [0, 0.05) is 18.7 Å². The highest BCUT2D eigenvalue weighted by Crippen LogP contribution is 2.29. The zero-order chi connectivity index (χ0) is 21.3. The number of nitrogens with one attached hydrogen (secondary N) is 2. The van der Waals surface area contributed by atoms with Crippen LogP contribution >= 0.6 is 11.3 Å². The number of hydrogen-bond acceptors (Lipinski definition) is 5. The second-order valence-corrected chi connectivity index (χ2v) is 8.38. The first kappa shape index (κ1) is 20.2. The van der Waals surface area contributed by atoms with E-state index in [0.717, 1.165) is 27.2 Å². The molecule has 156 valence electrons. The smallest absolute Gasteiger partial charge is 0.321 e. The van der Waals surface area contributed by atoms with Gasteiger partial charge in [-0.05, 0) is 62.2 Å². The minimum Gasteiger partial charge on any atom is -0.494 e. The van der Waals surface area contributed by atoms with Crippen LogP contribution in [-0.4, -0.2) is 36.1 Å². The summed E-state index contributed by atoms with van der Waals surface area (Å²) in [6.07, 6.45) is 0.276. The predicted octanol–water partition coefficient (Wildman–Crippen LogP) is 4.24. The monoisotopic (exact) mass is 424 g/mol. The van der Waals surface area contributed by atoms with E-state index in [2.05, 4.69) is 15.6 Å². The van der Waals surface area contributed by atoms with Gasteiger partial charge in [-0.3, -0.25) is 10.1 Å². The quantitative estimate of drug-likeness (QED) is 0.642. The number of anilines is 2. The maximum atomic E-state index is 12.5. The summed E-state index contributed by atoms with van der Waals surface area (Å²) >= 11 is 1.38. The van der Waals surface area contributed by atoms with Gasteiger partial charge < -0.3 is 15.0 Å². The standard InChI is InChI=1S/C22H24N4O3S/c1-4-29-17-7-8-18-19(11-17)30-22(24-18)25-21(28)23-15-10-20(27)26(12-15)16-6-5-13(2)14(3)9-16/h5-9,11,15H,4,10,12H2,1-3H3,(H2,23,24,25,28)/t15-/m0/s1. The van der Waals surface area contributed by atoms with Gasteiger partial charge in [0.1, 0.15) is 5.75 Å². The van der Waals surface area contributed by atoms with Crippen LogP contribution in [0.5, 0.6) is 5.75 Å². The highest BCUT2D eigenvalue weighted by atomic mass is 32.1. The number of benzene rings is 2. The summed E-state index contributed by atoms with van der Waals surface area (Å²) < 4.78 is 6.44. The molecule has 0 radical (unpaired) electrons. The molecule has 30 heavy (non-hydrogen) atoms. The van der Waals surface area contributed by atoms with E-state index < -0.39 is 0 Å². The summed E-state index contributed by atoms with van der Waals surface area (Å²) in [5, 5.41) is 6.18. The van der Waals surface area contributed by atoms with Crippen LogP contribution in [0.3, 0.4) is 0 Å². The number of aryl methyl sites for hydroxylation is 2. The fraction of sp³-hybridized carbons (Fsp3) is 0.318. The van der Waals surface area contributed by atoms with Gasteiger partial charge in [0.25, 0.3) is 0 Å². The van der Waals surface area contributed by atoms with Gasteiger partial charge in [-0.15, -0.1) is 0 Å². The lowest BCUT2D eigenvalue weighted by Gasteiger charge is -2.18. The Hall–Kier alpha value is -3.13. The number of carbonyl (C=O) groups excluding carboxylic acids is 2. The van der Waals surface area contributed by atoms with Crippen molar-refractivity contribution in [3.63, 3.8) is 0 Å². The summed E-state index contributed by atoms with van der Waals surface area (Å²) in [6, 6.07) is 11.0. The van der Waals surface area contributed by atoms with E-state index in [-0.39, 0.29) is 24.4 Å². The molecule has 2 N–H and O–H groups in total. The zero-order valence-corrected chi connectivity index (χ0v) is 18.0. The van der Waals surface area contributed by atoms with Crippen molar-refractivity contribution < 1.29 is 14.3 Å². The zero-order valence-electron chi connectivity index (χ0n) is 17.2. The second-order valence-electron chi connectivity index (χ2n) is 7.35. The Bertz CT molecular complexity index is 1110. The molecule has 0 bridgehead atoms. The Kier molecular flexibility index (Phi) is 5.59. The van der Waals surface area contributed by atoms with Crippen LogP contribution in [0.1, 0.15) is 24.5 Å². The van der Waals surface area contributed by atoms with E-state index in [1.165, 1.54) is 16.9 Å². The SMILES string of the molecule is CCOc1ccc2nc(NC(=O)N[C@H]3CC(=O)N(c4ccc(C)c(C)c4)C3)sc2c1. The molecule has 0 unspecified atom stereocenters. The number of amides is 3. The number of hydrogen-bond donors (Lipinski definition) is 2. The predicted molar refractivity (Wildman–Crippen MR) is 120 cm³/mol. The Morgan fingerprint density at radius 2 is 2.07 bits per heavy atom. The number of nitrogens with zero attached hydrogens (tertiary/aromatic N) is 2. The molecule has 8 heteroatoms. The van der Waals surface area contributed by atoms with Crippen molar-refractivity contribution in [2.75, 3.05) is 23.4 Å². The lowest BCUT2D eigenvalue weighted by molar-refractivity contribution is -0.117. The second kappa shape index (κ2) is 8.31. The summed E-state index contributed by atoms with van der Waals surface area (Å²) in [5.74, 6) is 0.785. The lowest BCUT2D eigenvalue weighted by Crippen LogP contribution is -2.39. The number of thiazole rings is 1. The van der Waals surface area contributed by atoms with E-state index in [9.17, 15) is 9.59 Å². The van der Waals surface area contributed by atoms with Crippen LogP contribution in [0, 0.1) is 13.8 Å². The summed E-state index contributed by atoms with van der Waals surface area (Å²) in [7, 11) is 0. The van der Waals surface area contributed by atoms with Gasteiger partial charge in [0.05, 0.1) is 22.9 Å². The van der Waals surface area contributed by atoms with Crippen molar-refractivity contribution in [1.82, 2.24) is 10.3 Å². The van der Waals surface area contributed by atoms with Crippen molar-refractivity contribution in [2.24, 2.45) is 0 Å². The number of urea groups is 1. The molecule has 1 aliphatic heterocycles. The average Bonchev–Trinajstić information content (AvgIpc) is 3.26. The van der Waals surface area contributed by atoms with E-state index >= 15 is 0 Å². The molecule has 2 aromatic carbocycles. The first-order valence-electron chi connectivity index (χ1n) is 9.91. The van der Waals surface area contributed by atoms with Crippen LogP contribution in [-0.2, 0) is 4.79 Å². The summed E-state index contributed by atoms with van der Waals surface area (Å²) in [5.41, 5.74) is 3.99. The molecule has 1 saturated heterocycles. The molecule has 1 aliphatic rings. The molecule has 3 aromatic rings. The first-order valence-corrected chi connectivity index (χ1v) is 10.7. The number of fused-ring (bicyclic) bond motifs is 1. The Labute approximate surface area is 179 Å². The topological polar surface area (TPSA) is 83.6 Å². The summed E-state index contributed by atoms with van der Waals surface area (Å²) in [6.45, 7) is 7.05. The van der Waals surface area contributed by atoms with Crippen molar-refractivity contribution >= 4 is 44.3 Å². The van der Waals surface area contributed by atoms with Gasteiger partial charge in [0.2, 0.25) is 5.91 Å². The molecule has 1 fully saturated rings. The minimum absolute atomic E-state index is 0.00648. The number of rotatable bonds is 5. The summed E-state index contributed by atoms with van der Waals surface area (Å²) in [4.78, 5) is 31.1. The van der Waals surface area contributed by atoms with Gasteiger partial charge in [-0.1, -0.05) is 17.4 Å². The molecule has 1 atom stereocenters. The molecule has 3 amide bonds. The van der Waals surface area contributed by atoms with Gasteiger partial charge in [-0.2, -0.15) is 0 Å². The molecule has 0 spiro atoms. The third kappa shape index (κ3) is 4.23. The van der Waals surface area contributed by atoms with Crippen molar-refractivity contribution in [2.45, 2.75) is 33.2 Å². The molecule has 1 aromatic heterocycles. The minimum atomic E-state index is -0.362. The van der Waals surface area contributed by atoms with Crippen LogP contribution < -0.4 is 20.3 Å². The van der Waals surface area contributed by atoms with Crippen LogP contribution in [0.2, 0.25) is 0 Å². The number of aromatic nitrogens is 1. The van der Waals surface area contributed by atoms with E-state index in [4.69, 9.17) is 4.74 Å². The van der Waals surface area contributed by atoms with Crippen molar-refractivity contribution in [3.05, 3.63) is 47.5 Å². The molecule has 4 rings (SSSR count). The Morgan fingerprint density at radius 3 is 2.83 bits per heavy atom. The third-order valence-electron chi connectivity index (χ3n) is 5.15. The van der Waals surface area contributed by atoms with E-state index in [0.29, 0.717) is 18.3 Å². The maximum Gasteiger partial charge on any atom is 0.321 e. The first-order chi connectivity index (χ1) is 14.4. The van der Waals surface area contributed by atoms with E-state index in [1.54, 1.807) is 4.90 Å². The highest BCUT2D eigenvalue weighted by molar-refractivity contribution is 7.22. The molecule has 0 aliphatic carbocycles. The maximum absolute atomic E-state index is 12.5.